The quantitative estimate of drug-likeness (QED) is 0.105. The lowest BCUT2D eigenvalue weighted by atomic mass is 9.57. The van der Waals surface area contributed by atoms with Crippen LogP contribution in [0.4, 0.5) is 5.69 Å². The number of rotatable bonds is 11. The number of aromatic hydroxyl groups is 1. The Kier molecular flexibility index (Phi) is 10.8. The van der Waals surface area contributed by atoms with E-state index < -0.39 is 71.0 Å². The highest BCUT2D eigenvalue weighted by Crippen LogP contribution is 2.53. The van der Waals surface area contributed by atoms with Crippen LogP contribution in [0.3, 0.4) is 0 Å². The Morgan fingerprint density at radius 2 is 1.89 bits per heavy atom. The van der Waals surface area contributed by atoms with Crippen LogP contribution in [0, 0.1) is 16.7 Å². The van der Waals surface area contributed by atoms with Gasteiger partial charge in [-0.1, -0.05) is 43.8 Å². The number of carbonyl (C=O) groups excluding carboxylic acids is 3. The van der Waals surface area contributed by atoms with Gasteiger partial charge in [-0.15, -0.1) is 0 Å². The molecular weight excluding hydrogens is 606 g/mol. The molecule has 2 bridgehead atoms. The fourth-order valence-electron chi connectivity index (χ4n) is 6.20. The van der Waals surface area contributed by atoms with Crippen molar-refractivity contribution in [3.63, 3.8) is 0 Å². The fourth-order valence-corrected chi connectivity index (χ4v) is 6.59. The zero-order valence-corrected chi connectivity index (χ0v) is 26.5. The molecular formula is C32H43NO11S. The minimum Gasteiger partial charge on any atom is -0.505 e. The van der Waals surface area contributed by atoms with E-state index in [-0.39, 0.29) is 35.6 Å². The first-order valence-corrected chi connectivity index (χ1v) is 16.2. The van der Waals surface area contributed by atoms with Crippen LogP contribution in [-0.2, 0) is 14.3 Å². The number of hydrogen-bond donors (Lipinski definition) is 7. The van der Waals surface area contributed by atoms with Crippen molar-refractivity contribution in [2.24, 2.45) is 16.7 Å². The molecule has 13 heteroatoms. The maximum Gasteiger partial charge on any atom is 0.229 e. The van der Waals surface area contributed by atoms with Gasteiger partial charge in [-0.3, -0.25) is 14.4 Å². The van der Waals surface area contributed by atoms with Gasteiger partial charge in [0, 0.05) is 17.3 Å². The molecule has 7 N–H and O–H groups in total. The topological polar surface area (TPSA) is 203 Å². The third-order valence-corrected chi connectivity index (χ3v) is 9.97. The molecule has 5 rings (SSSR count). The number of hydrogen-bond acceptors (Lipinski definition) is 12. The molecule has 4 aliphatic rings. The third kappa shape index (κ3) is 7.30. The largest absolute Gasteiger partial charge is 0.505 e. The Labute approximate surface area is 266 Å². The minimum absolute atomic E-state index is 0.124. The molecule has 0 spiro atoms. The number of anilines is 1. The number of aliphatic hydroxyl groups excluding tert-OH is 5. The van der Waals surface area contributed by atoms with Gasteiger partial charge in [0.1, 0.15) is 35.9 Å². The van der Waals surface area contributed by atoms with Gasteiger partial charge in [0.15, 0.2) is 11.5 Å². The van der Waals surface area contributed by atoms with Gasteiger partial charge in [0.25, 0.3) is 0 Å². The number of amides is 1. The summed E-state index contributed by atoms with van der Waals surface area (Å²) in [6, 6.07) is 2.52. The summed E-state index contributed by atoms with van der Waals surface area (Å²) in [4.78, 5) is 38.8. The molecule has 8 atom stereocenters. The number of allylic oxidation sites excluding steroid dienone is 2. The first-order valence-electron chi connectivity index (χ1n) is 14.9. The summed E-state index contributed by atoms with van der Waals surface area (Å²) >= 11 is 0.831. The molecule has 1 aromatic carbocycles. The van der Waals surface area contributed by atoms with Crippen LogP contribution in [0.15, 0.2) is 36.4 Å². The molecule has 3 aliphatic carbocycles. The Balaban J connectivity index is 1.48. The van der Waals surface area contributed by atoms with E-state index in [0.29, 0.717) is 18.8 Å². The minimum atomic E-state index is -1.76. The average molecular weight is 650 g/mol. The van der Waals surface area contributed by atoms with Gasteiger partial charge >= 0.3 is 0 Å². The van der Waals surface area contributed by atoms with Crippen molar-refractivity contribution in [3.8, 4) is 11.5 Å². The lowest BCUT2D eigenvalue weighted by Gasteiger charge is -2.49. The molecule has 248 valence electrons. The van der Waals surface area contributed by atoms with E-state index in [9.17, 15) is 45.0 Å². The van der Waals surface area contributed by atoms with Gasteiger partial charge in [-0.05, 0) is 62.5 Å². The number of benzene rings is 1. The number of ether oxygens (including phenoxy) is 2. The summed E-state index contributed by atoms with van der Waals surface area (Å²) < 4.78 is 11.1. The zero-order chi connectivity index (χ0) is 33.3. The van der Waals surface area contributed by atoms with Crippen molar-refractivity contribution in [2.45, 2.75) is 89.2 Å². The van der Waals surface area contributed by atoms with Crippen molar-refractivity contribution >= 4 is 34.3 Å². The first-order chi connectivity index (χ1) is 21.1. The molecule has 1 aliphatic heterocycles. The first kappa shape index (κ1) is 35.1. The van der Waals surface area contributed by atoms with Crippen molar-refractivity contribution in [1.29, 1.82) is 0 Å². The van der Waals surface area contributed by atoms with Crippen LogP contribution in [0.25, 0.3) is 0 Å². The normalized spacial score (nSPS) is 31.6. The van der Waals surface area contributed by atoms with Crippen molar-refractivity contribution in [1.82, 2.24) is 0 Å². The molecule has 0 aromatic heterocycles. The molecule has 0 radical (unpaired) electrons. The lowest BCUT2D eigenvalue weighted by Crippen LogP contribution is -2.60. The number of carbonyl (C=O) groups is 3. The SMILES string of the molecule is C=C1CC2(C=CC(=O)C(C)(C)CCC(=O)Nc3c(OC4OC(CO)C(O)C(O)C4O)ccc(C(=O)SC)c3O)CCC1CC2O. The fraction of sp³-hybridized carbons (Fsp3) is 0.594. The molecule has 4 fully saturated rings. The highest BCUT2D eigenvalue weighted by Gasteiger charge is 2.48. The molecule has 45 heavy (non-hydrogen) atoms. The summed E-state index contributed by atoms with van der Waals surface area (Å²) in [5.74, 6) is -1.33. The smallest absolute Gasteiger partial charge is 0.229 e. The van der Waals surface area contributed by atoms with E-state index >= 15 is 0 Å². The van der Waals surface area contributed by atoms with E-state index in [4.69, 9.17) is 9.47 Å². The Morgan fingerprint density at radius 3 is 2.51 bits per heavy atom. The van der Waals surface area contributed by atoms with E-state index in [0.717, 1.165) is 30.2 Å². The average Bonchev–Trinajstić information content (AvgIpc) is 3.01. The Bertz CT molecular complexity index is 1340. The van der Waals surface area contributed by atoms with E-state index in [2.05, 4.69) is 11.9 Å². The maximum atomic E-state index is 13.2. The molecule has 8 unspecified atom stereocenters. The number of nitrogens with one attached hydrogen (secondary N) is 1. The van der Waals surface area contributed by atoms with Gasteiger partial charge in [0.2, 0.25) is 17.3 Å². The predicted octanol–water partition coefficient (Wildman–Crippen LogP) is 2.05. The van der Waals surface area contributed by atoms with Crippen LogP contribution in [0.2, 0.25) is 0 Å². The van der Waals surface area contributed by atoms with Gasteiger partial charge in [0.05, 0.1) is 18.3 Å². The molecule has 12 nitrogen and oxygen atoms in total. The molecule has 1 saturated heterocycles. The van der Waals surface area contributed by atoms with Crippen LogP contribution in [-0.4, -0.2) is 97.1 Å². The second kappa shape index (κ2) is 13.9. The van der Waals surface area contributed by atoms with E-state index in [1.54, 1.807) is 19.9 Å². The lowest BCUT2D eigenvalue weighted by molar-refractivity contribution is -0.277. The number of phenolic OH excluding ortho intramolecular Hbond substituents is 1. The van der Waals surface area contributed by atoms with E-state index in [1.807, 2.05) is 0 Å². The second-order valence-electron chi connectivity index (χ2n) is 12.8. The van der Waals surface area contributed by atoms with Crippen LogP contribution < -0.4 is 10.1 Å². The third-order valence-electron chi connectivity index (χ3n) is 9.37. The second-order valence-corrected chi connectivity index (χ2v) is 13.6. The van der Waals surface area contributed by atoms with Crippen molar-refractivity contribution in [3.05, 3.63) is 42.0 Å². The highest BCUT2D eigenvalue weighted by atomic mass is 32.2. The molecule has 3 saturated carbocycles. The number of phenols is 1. The number of aliphatic hydroxyl groups is 5. The summed E-state index contributed by atoms with van der Waals surface area (Å²) in [5.41, 5.74) is -0.792. The molecule has 1 aromatic rings. The van der Waals surface area contributed by atoms with Crippen molar-refractivity contribution in [2.75, 3.05) is 18.2 Å². The summed E-state index contributed by atoms with van der Waals surface area (Å²) in [6.07, 6.45) is -0.765. The maximum absolute atomic E-state index is 13.2. The predicted molar refractivity (Wildman–Crippen MR) is 166 cm³/mol. The van der Waals surface area contributed by atoms with Crippen LogP contribution >= 0.6 is 11.8 Å². The number of thioether (sulfide) groups is 1. The molecule has 1 amide bonds. The molecule has 1 heterocycles. The standard InChI is InChI=1S/C32H43NO11S/c1-16-14-32(11-7-17(16)13-22(32)36)12-8-21(35)31(2,3)10-9-23(37)33-24-19(6-5-18(25(24)38)29(42)45-4)43-30-28(41)27(40)26(39)20(15-34)44-30/h5-6,8,12,17,20,22,26-28,30,34,36,38-41H,1,7,9-11,13-15H2,2-4H3,(H,33,37). The summed E-state index contributed by atoms with van der Waals surface area (Å²) in [6.45, 7) is 6.87. The van der Waals surface area contributed by atoms with Crippen LogP contribution in [0.5, 0.6) is 11.5 Å². The Hall–Kier alpha value is -2.78. The van der Waals surface area contributed by atoms with Gasteiger partial charge in [-0.2, -0.15) is 0 Å². The van der Waals surface area contributed by atoms with Crippen LogP contribution in [0.1, 0.15) is 62.7 Å². The number of ketones is 1. The monoisotopic (exact) mass is 649 g/mol. The van der Waals surface area contributed by atoms with Gasteiger partial charge in [-0.25, -0.2) is 0 Å². The zero-order valence-electron chi connectivity index (χ0n) is 25.6. The summed E-state index contributed by atoms with van der Waals surface area (Å²) in [7, 11) is 0. The highest BCUT2D eigenvalue weighted by molar-refractivity contribution is 8.13. The number of fused-ring (bicyclic) bond motifs is 3. The Morgan fingerprint density at radius 1 is 1.18 bits per heavy atom. The van der Waals surface area contributed by atoms with Gasteiger partial charge < -0.3 is 45.4 Å². The summed E-state index contributed by atoms with van der Waals surface area (Å²) in [5, 5.41) is 63.8. The van der Waals surface area contributed by atoms with Crippen molar-refractivity contribution < 1.29 is 54.5 Å². The van der Waals surface area contributed by atoms with E-state index in [1.165, 1.54) is 24.5 Å².